The summed E-state index contributed by atoms with van der Waals surface area (Å²) < 4.78 is 3.82. The summed E-state index contributed by atoms with van der Waals surface area (Å²) in [6.07, 6.45) is 0. The number of aromatic nitrogens is 2. The second-order valence-electron chi connectivity index (χ2n) is 3.80. The summed E-state index contributed by atoms with van der Waals surface area (Å²) in [5, 5.41) is 9.33. The zero-order valence-corrected chi connectivity index (χ0v) is 10.5. The van der Waals surface area contributed by atoms with E-state index in [-0.39, 0.29) is 0 Å². The lowest BCUT2D eigenvalue weighted by molar-refractivity contribution is 0.233. The second kappa shape index (κ2) is 6.87. The van der Waals surface area contributed by atoms with Crippen molar-refractivity contribution < 1.29 is 0 Å². The van der Waals surface area contributed by atoms with Crippen molar-refractivity contribution >= 4 is 11.5 Å². The fourth-order valence-electron chi connectivity index (χ4n) is 1.48. The Kier molecular flexibility index (Phi) is 5.75. The average molecular weight is 228 g/mol. The van der Waals surface area contributed by atoms with Crippen LogP contribution in [0, 0.1) is 0 Å². The number of rotatable bonds is 7. The topological polar surface area (TPSA) is 41.0 Å². The van der Waals surface area contributed by atoms with Gasteiger partial charge >= 0.3 is 0 Å². The molecule has 86 valence electrons. The molecule has 0 aliphatic carbocycles. The van der Waals surface area contributed by atoms with E-state index >= 15 is 0 Å². The highest BCUT2D eigenvalue weighted by atomic mass is 32.1. The van der Waals surface area contributed by atoms with Crippen LogP contribution in [0.4, 0.5) is 0 Å². The van der Waals surface area contributed by atoms with Gasteiger partial charge in [0.2, 0.25) is 0 Å². The molecule has 0 unspecified atom stereocenters. The molecule has 1 rings (SSSR count). The van der Waals surface area contributed by atoms with Crippen LogP contribution in [-0.4, -0.2) is 40.2 Å². The molecule has 5 heteroatoms. The maximum Gasteiger partial charge on any atom is 0.0893 e. The van der Waals surface area contributed by atoms with E-state index < -0.39 is 0 Å². The molecule has 0 aromatic carbocycles. The summed E-state index contributed by atoms with van der Waals surface area (Å²) in [5.41, 5.74) is 1.03. The minimum atomic E-state index is 0.623. The normalized spacial score (nSPS) is 11.5. The van der Waals surface area contributed by atoms with Crippen molar-refractivity contribution in [3.63, 3.8) is 0 Å². The lowest BCUT2D eigenvalue weighted by Crippen LogP contribution is -2.36. The molecule has 0 fully saturated rings. The Hall–Kier alpha value is -0.520. The molecular formula is C10H20N4S. The molecule has 0 aliphatic rings. The highest BCUT2D eigenvalue weighted by Gasteiger charge is 2.05. The number of nitrogens with one attached hydrogen (secondary N) is 1. The van der Waals surface area contributed by atoms with Gasteiger partial charge in [0, 0.05) is 31.1 Å². The molecule has 0 aliphatic heterocycles. The van der Waals surface area contributed by atoms with Gasteiger partial charge in [-0.1, -0.05) is 11.4 Å². The molecule has 0 atom stereocenters. The average Bonchev–Trinajstić information content (AvgIpc) is 2.70. The Morgan fingerprint density at radius 1 is 1.53 bits per heavy atom. The van der Waals surface area contributed by atoms with Crippen LogP contribution in [0.25, 0.3) is 0 Å². The summed E-state index contributed by atoms with van der Waals surface area (Å²) in [6, 6.07) is 0.623. The predicted octanol–water partition coefficient (Wildman–Crippen LogP) is 1.36. The third kappa shape index (κ3) is 4.68. The molecule has 1 heterocycles. The number of nitrogens with zero attached hydrogens (tertiary/aromatic N) is 3. The van der Waals surface area contributed by atoms with Crippen molar-refractivity contribution in [2.24, 2.45) is 0 Å². The van der Waals surface area contributed by atoms with Crippen molar-refractivity contribution in [3.05, 3.63) is 11.1 Å². The third-order valence-corrected chi connectivity index (χ3v) is 2.98. The first-order chi connectivity index (χ1) is 7.24. The highest BCUT2D eigenvalue weighted by Crippen LogP contribution is 1.97. The van der Waals surface area contributed by atoms with Crippen molar-refractivity contribution in [1.82, 2.24) is 19.8 Å². The molecule has 1 aromatic heterocycles. The predicted molar refractivity (Wildman–Crippen MR) is 64.0 cm³/mol. The van der Waals surface area contributed by atoms with Crippen LogP contribution >= 0.6 is 11.5 Å². The number of hydrogen-bond acceptors (Lipinski definition) is 5. The molecule has 0 bridgehead atoms. The van der Waals surface area contributed by atoms with Gasteiger partial charge in [0.05, 0.1) is 5.69 Å². The Balaban J connectivity index is 2.10. The smallest absolute Gasteiger partial charge is 0.0893 e. The van der Waals surface area contributed by atoms with E-state index in [1.165, 1.54) is 11.5 Å². The molecule has 0 radical (unpaired) electrons. The van der Waals surface area contributed by atoms with E-state index in [9.17, 15) is 0 Å². The van der Waals surface area contributed by atoms with Crippen molar-refractivity contribution in [2.75, 3.05) is 19.6 Å². The third-order valence-electron chi connectivity index (χ3n) is 2.42. The summed E-state index contributed by atoms with van der Waals surface area (Å²) >= 11 is 1.40. The van der Waals surface area contributed by atoms with Gasteiger partial charge in [0.15, 0.2) is 0 Å². The van der Waals surface area contributed by atoms with Gasteiger partial charge in [-0.25, -0.2) is 0 Å². The molecule has 0 spiro atoms. The maximum atomic E-state index is 3.98. The SMILES string of the molecule is CCN(CCNCc1csnn1)C(C)C. The largest absolute Gasteiger partial charge is 0.310 e. The molecule has 0 amide bonds. The van der Waals surface area contributed by atoms with Gasteiger partial charge in [0.25, 0.3) is 0 Å². The van der Waals surface area contributed by atoms with Crippen LogP contribution in [0.1, 0.15) is 26.5 Å². The zero-order valence-electron chi connectivity index (χ0n) is 9.73. The summed E-state index contributed by atoms with van der Waals surface area (Å²) in [4.78, 5) is 2.44. The fourth-order valence-corrected chi connectivity index (χ4v) is 1.93. The van der Waals surface area contributed by atoms with Gasteiger partial charge in [0.1, 0.15) is 0 Å². The van der Waals surface area contributed by atoms with Crippen molar-refractivity contribution in [3.8, 4) is 0 Å². The lowest BCUT2D eigenvalue weighted by atomic mass is 10.3. The Morgan fingerprint density at radius 3 is 2.87 bits per heavy atom. The molecule has 0 saturated heterocycles. The first-order valence-electron chi connectivity index (χ1n) is 5.44. The lowest BCUT2D eigenvalue weighted by Gasteiger charge is -2.24. The van der Waals surface area contributed by atoms with E-state index in [1.54, 1.807) is 0 Å². The molecule has 0 saturated carbocycles. The maximum absolute atomic E-state index is 3.98. The van der Waals surface area contributed by atoms with Gasteiger partial charge in [-0.3, -0.25) is 4.90 Å². The van der Waals surface area contributed by atoms with Gasteiger partial charge < -0.3 is 5.32 Å². The summed E-state index contributed by atoms with van der Waals surface area (Å²) in [7, 11) is 0. The monoisotopic (exact) mass is 228 g/mol. The van der Waals surface area contributed by atoms with Gasteiger partial charge in [-0.05, 0) is 31.9 Å². The van der Waals surface area contributed by atoms with Crippen LogP contribution in [0.5, 0.6) is 0 Å². The van der Waals surface area contributed by atoms with E-state index in [0.29, 0.717) is 6.04 Å². The zero-order chi connectivity index (χ0) is 11.1. The van der Waals surface area contributed by atoms with Gasteiger partial charge in [-0.2, -0.15) is 0 Å². The van der Waals surface area contributed by atoms with Crippen LogP contribution in [0.15, 0.2) is 5.38 Å². The van der Waals surface area contributed by atoms with E-state index in [1.807, 2.05) is 5.38 Å². The summed E-state index contributed by atoms with van der Waals surface area (Å²) in [5.74, 6) is 0. The summed E-state index contributed by atoms with van der Waals surface area (Å²) in [6.45, 7) is 10.7. The van der Waals surface area contributed by atoms with Crippen molar-refractivity contribution in [1.29, 1.82) is 0 Å². The molecule has 15 heavy (non-hydrogen) atoms. The van der Waals surface area contributed by atoms with Crippen LogP contribution in [-0.2, 0) is 6.54 Å². The number of hydrogen-bond donors (Lipinski definition) is 1. The number of likely N-dealkylation sites (N-methyl/N-ethyl adjacent to an activating group) is 1. The Bertz CT molecular complexity index is 248. The van der Waals surface area contributed by atoms with E-state index in [0.717, 1.165) is 31.9 Å². The molecular weight excluding hydrogens is 208 g/mol. The fraction of sp³-hybridized carbons (Fsp3) is 0.800. The molecule has 1 aromatic rings. The Morgan fingerprint density at radius 2 is 2.33 bits per heavy atom. The standard InChI is InChI=1S/C10H20N4S/c1-4-14(9(2)3)6-5-11-7-10-8-15-13-12-10/h8-9,11H,4-7H2,1-3H3. The van der Waals surface area contributed by atoms with Crippen LogP contribution in [0.3, 0.4) is 0 Å². The minimum absolute atomic E-state index is 0.623. The molecule has 4 nitrogen and oxygen atoms in total. The van der Waals surface area contributed by atoms with Crippen LogP contribution in [0.2, 0.25) is 0 Å². The van der Waals surface area contributed by atoms with E-state index in [4.69, 9.17) is 0 Å². The second-order valence-corrected chi connectivity index (χ2v) is 4.41. The Labute approximate surface area is 95.8 Å². The first-order valence-corrected chi connectivity index (χ1v) is 6.28. The van der Waals surface area contributed by atoms with Crippen molar-refractivity contribution in [2.45, 2.75) is 33.4 Å². The quantitative estimate of drug-likeness (QED) is 0.715. The molecule has 1 N–H and O–H groups in total. The minimum Gasteiger partial charge on any atom is -0.310 e. The first kappa shape index (κ1) is 12.5. The van der Waals surface area contributed by atoms with Crippen LogP contribution < -0.4 is 5.32 Å². The van der Waals surface area contributed by atoms with Gasteiger partial charge in [-0.15, -0.1) is 5.10 Å². The van der Waals surface area contributed by atoms with E-state index in [2.05, 4.69) is 40.6 Å². The highest BCUT2D eigenvalue weighted by molar-refractivity contribution is 7.03.